The van der Waals surface area contributed by atoms with Gasteiger partial charge in [-0.05, 0) is 37.6 Å². The molecule has 0 atom stereocenters. The van der Waals surface area contributed by atoms with Gasteiger partial charge in [0.2, 0.25) is 5.91 Å². The molecule has 2 aromatic carbocycles. The van der Waals surface area contributed by atoms with Crippen LogP contribution in [0, 0.1) is 0 Å². The molecule has 1 heterocycles. The van der Waals surface area contributed by atoms with Crippen LogP contribution in [0.3, 0.4) is 0 Å². The Labute approximate surface area is 188 Å². The van der Waals surface area contributed by atoms with Gasteiger partial charge in [-0.3, -0.25) is 19.0 Å². The number of fused-ring (bicyclic) bond motifs is 1. The number of ether oxygens (including phenoxy) is 1. The molecule has 0 unspecified atom stereocenters. The molecule has 3 aromatic rings. The van der Waals surface area contributed by atoms with Gasteiger partial charge in [-0.25, -0.2) is 4.98 Å². The smallest absolute Gasteiger partial charge is 0.305 e. The number of benzene rings is 2. The molecule has 7 nitrogen and oxygen atoms in total. The third kappa shape index (κ3) is 5.86. The second-order valence-corrected chi connectivity index (χ2v) is 7.90. The van der Waals surface area contributed by atoms with E-state index in [1.54, 1.807) is 55.5 Å². The van der Waals surface area contributed by atoms with E-state index < -0.39 is 0 Å². The van der Waals surface area contributed by atoms with Crippen molar-refractivity contribution in [3.8, 4) is 5.69 Å². The van der Waals surface area contributed by atoms with Gasteiger partial charge < -0.3 is 10.1 Å². The van der Waals surface area contributed by atoms with E-state index in [1.807, 2.05) is 0 Å². The summed E-state index contributed by atoms with van der Waals surface area (Å²) in [5.41, 5.74) is 0.800. The normalized spacial score (nSPS) is 10.8. The number of carbonyl (C=O) groups excluding carboxylic acids is 2. The molecule has 0 saturated carbocycles. The van der Waals surface area contributed by atoms with E-state index in [-0.39, 0.29) is 29.6 Å². The molecule has 0 aliphatic carbocycles. The van der Waals surface area contributed by atoms with E-state index in [2.05, 4.69) is 10.3 Å². The largest absolute Gasteiger partial charge is 0.466 e. The summed E-state index contributed by atoms with van der Waals surface area (Å²) in [5.74, 6) is -0.438. The first-order chi connectivity index (χ1) is 15.0. The summed E-state index contributed by atoms with van der Waals surface area (Å²) in [7, 11) is 0. The van der Waals surface area contributed by atoms with Crippen LogP contribution >= 0.6 is 23.4 Å². The number of hydrogen-bond donors (Lipinski definition) is 1. The number of amides is 1. The Bertz CT molecular complexity index is 1150. The minimum Gasteiger partial charge on any atom is -0.466 e. The van der Waals surface area contributed by atoms with Crippen molar-refractivity contribution in [3.63, 3.8) is 0 Å². The first kappa shape index (κ1) is 22.8. The van der Waals surface area contributed by atoms with Gasteiger partial charge >= 0.3 is 5.97 Å². The molecule has 1 amide bonds. The summed E-state index contributed by atoms with van der Waals surface area (Å²) in [4.78, 5) is 41.4. The first-order valence-electron chi connectivity index (χ1n) is 9.83. The van der Waals surface area contributed by atoms with E-state index in [1.165, 1.54) is 4.57 Å². The summed E-state index contributed by atoms with van der Waals surface area (Å²) >= 11 is 7.48. The molecule has 0 fully saturated rings. The molecular weight excluding hydrogens is 438 g/mol. The number of nitrogens with zero attached hydrogens (tertiary/aromatic N) is 2. The monoisotopic (exact) mass is 459 g/mol. The topological polar surface area (TPSA) is 90.3 Å². The summed E-state index contributed by atoms with van der Waals surface area (Å²) in [6, 6.07) is 14.0. The summed E-state index contributed by atoms with van der Waals surface area (Å²) in [5, 5.41) is 4.01. The van der Waals surface area contributed by atoms with E-state index in [0.717, 1.165) is 11.8 Å². The highest BCUT2D eigenvalue weighted by Crippen LogP contribution is 2.25. The fraction of sp³-hybridized carbons (Fsp3) is 0.273. The zero-order chi connectivity index (χ0) is 22.2. The number of nitrogens with one attached hydrogen (secondary N) is 1. The van der Waals surface area contributed by atoms with Crippen LogP contribution in [0.1, 0.15) is 19.8 Å². The van der Waals surface area contributed by atoms with E-state index in [9.17, 15) is 14.4 Å². The Morgan fingerprint density at radius 1 is 1.16 bits per heavy atom. The molecular formula is C22H22ClN3O4S. The standard InChI is InChI=1S/C22H22ClN3O4S/c1-2-30-20(28)12-7-13-24-19(27)14-31-22-25-17-10-5-3-8-15(17)21(29)26(22)18-11-6-4-9-16(18)23/h3-6,8-11H,2,7,12-14H2,1H3,(H,24,27). The maximum Gasteiger partial charge on any atom is 0.305 e. The zero-order valence-electron chi connectivity index (χ0n) is 17.0. The average molecular weight is 460 g/mol. The summed E-state index contributed by atoms with van der Waals surface area (Å²) in [6.45, 7) is 2.45. The number of halogens is 1. The molecule has 9 heteroatoms. The number of thioether (sulfide) groups is 1. The molecule has 0 saturated heterocycles. The van der Waals surface area contributed by atoms with Gasteiger partial charge in [0.25, 0.3) is 5.56 Å². The van der Waals surface area contributed by atoms with Crippen molar-refractivity contribution in [1.82, 2.24) is 14.9 Å². The second kappa shape index (κ2) is 11.0. The van der Waals surface area contributed by atoms with Crippen LogP contribution in [-0.2, 0) is 14.3 Å². The van der Waals surface area contributed by atoms with E-state index in [4.69, 9.17) is 16.3 Å². The van der Waals surface area contributed by atoms with Crippen LogP contribution in [0.15, 0.2) is 58.5 Å². The van der Waals surface area contributed by atoms with Crippen LogP contribution in [0.5, 0.6) is 0 Å². The Morgan fingerprint density at radius 2 is 1.90 bits per heavy atom. The molecule has 1 aromatic heterocycles. The predicted octanol–water partition coefficient (Wildman–Crippen LogP) is 3.59. The average Bonchev–Trinajstić information content (AvgIpc) is 2.76. The Hall–Kier alpha value is -2.84. The van der Waals surface area contributed by atoms with Crippen molar-refractivity contribution in [2.24, 2.45) is 0 Å². The van der Waals surface area contributed by atoms with Gasteiger partial charge in [0.05, 0.1) is 34.0 Å². The lowest BCUT2D eigenvalue weighted by Gasteiger charge is -2.14. The molecule has 0 aliphatic heterocycles. The van der Waals surface area contributed by atoms with Crippen molar-refractivity contribution in [3.05, 3.63) is 63.9 Å². The molecule has 0 aliphatic rings. The lowest BCUT2D eigenvalue weighted by molar-refractivity contribution is -0.143. The minimum atomic E-state index is -0.282. The van der Waals surface area contributed by atoms with Gasteiger partial charge in [-0.15, -0.1) is 0 Å². The van der Waals surface area contributed by atoms with Crippen molar-refractivity contribution >= 4 is 46.1 Å². The Morgan fingerprint density at radius 3 is 2.68 bits per heavy atom. The quantitative estimate of drug-likeness (QED) is 0.227. The number of aromatic nitrogens is 2. The maximum absolute atomic E-state index is 13.2. The van der Waals surface area contributed by atoms with Gasteiger partial charge in [-0.2, -0.15) is 0 Å². The van der Waals surface area contributed by atoms with Crippen LogP contribution in [0.2, 0.25) is 5.02 Å². The second-order valence-electron chi connectivity index (χ2n) is 6.55. The predicted molar refractivity (Wildman–Crippen MR) is 122 cm³/mol. The Balaban J connectivity index is 1.76. The zero-order valence-corrected chi connectivity index (χ0v) is 18.5. The molecule has 3 rings (SSSR count). The number of carbonyl (C=O) groups is 2. The number of para-hydroxylation sites is 2. The van der Waals surface area contributed by atoms with Gasteiger partial charge in [0.15, 0.2) is 5.16 Å². The van der Waals surface area contributed by atoms with E-state index in [0.29, 0.717) is 46.3 Å². The Kier molecular flexibility index (Phi) is 8.08. The van der Waals surface area contributed by atoms with Crippen molar-refractivity contribution < 1.29 is 14.3 Å². The number of esters is 1. The molecule has 162 valence electrons. The highest BCUT2D eigenvalue weighted by molar-refractivity contribution is 7.99. The molecule has 0 bridgehead atoms. The summed E-state index contributed by atoms with van der Waals surface area (Å²) in [6.07, 6.45) is 0.743. The lowest BCUT2D eigenvalue weighted by Crippen LogP contribution is -2.27. The van der Waals surface area contributed by atoms with Crippen LogP contribution in [0.4, 0.5) is 0 Å². The van der Waals surface area contributed by atoms with Gasteiger partial charge in [0, 0.05) is 13.0 Å². The highest BCUT2D eigenvalue weighted by Gasteiger charge is 2.16. The van der Waals surface area contributed by atoms with Crippen LogP contribution < -0.4 is 10.9 Å². The molecule has 31 heavy (non-hydrogen) atoms. The summed E-state index contributed by atoms with van der Waals surface area (Å²) < 4.78 is 6.29. The minimum absolute atomic E-state index is 0.0641. The van der Waals surface area contributed by atoms with Crippen molar-refractivity contribution in [2.45, 2.75) is 24.9 Å². The van der Waals surface area contributed by atoms with Gasteiger partial charge in [0.1, 0.15) is 0 Å². The van der Waals surface area contributed by atoms with Crippen molar-refractivity contribution in [1.29, 1.82) is 0 Å². The third-order valence-corrected chi connectivity index (χ3v) is 5.61. The SMILES string of the molecule is CCOC(=O)CCCNC(=O)CSc1nc2ccccc2c(=O)n1-c1ccccc1Cl. The maximum atomic E-state index is 13.2. The first-order valence-corrected chi connectivity index (χ1v) is 11.2. The van der Waals surface area contributed by atoms with Crippen molar-refractivity contribution in [2.75, 3.05) is 18.9 Å². The molecule has 1 N–H and O–H groups in total. The van der Waals surface area contributed by atoms with E-state index >= 15 is 0 Å². The molecule has 0 spiro atoms. The van der Waals surface area contributed by atoms with Gasteiger partial charge in [-0.1, -0.05) is 47.6 Å². The lowest BCUT2D eigenvalue weighted by atomic mass is 10.2. The van der Waals surface area contributed by atoms with Crippen LogP contribution in [0.25, 0.3) is 16.6 Å². The number of hydrogen-bond acceptors (Lipinski definition) is 6. The fourth-order valence-electron chi connectivity index (χ4n) is 2.93. The third-order valence-electron chi connectivity index (χ3n) is 4.36. The molecule has 0 radical (unpaired) electrons. The highest BCUT2D eigenvalue weighted by atomic mass is 35.5. The van der Waals surface area contributed by atoms with Crippen LogP contribution in [-0.4, -0.2) is 40.3 Å². The number of rotatable bonds is 9. The fourth-order valence-corrected chi connectivity index (χ4v) is 3.99.